The van der Waals surface area contributed by atoms with E-state index in [4.69, 9.17) is 26.8 Å². The lowest BCUT2D eigenvalue weighted by Crippen LogP contribution is -2.37. The minimum absolute atomic E-state index is 0.197. The lowest BCUT2D eigenvalue weighted by atomic mass is 10.0. The molecule has 2 rings (SSSR count). The first kappa shape index (κ1) is 14.6. The number of nitrogens with two attached hydrogens (primary N) is 1. The van der Waals surface area contributed by atoms with Crippen molar-refractivity contribution in [3.05, 3.63) is 21.6 Å². The van der Waals surface area contributed by atoms with Crippen LogP contribution in [0.25, 0.3) is 0 Å². The summed E-state index contributed by atoms with van der Waals surface area (Å²) in [6.07, 6.45) is 0. The number of hydrogen-bond acceptors (Lipinski definition) is 4. The highest BCUT2D eigenvalue weighted by molar-refractivity contribution is 9.10. The molecule has 7 heteroatoms. The minimum atomic E-state index is -0.359. The predicted molar refractivity (Wildman–Crippen MR) is 76.6 cm³/mol. The van der Waals surface area contributed by atoms with Crippen molar-refractivity contribution in [3.8, 4) is 5.75 Å². The Balaban J connectivity index is 2.20. The number of ether oxygens (including phenoxy) is 2. The van der Waals surface area contributed by atoms with Crippen LogP contribution < -0.4 is 15.8 Å². The van der Waals surface area contributed by atoms with Crippen molar-refractivity contribution in [1.29, 1.82) is 0 Å². The largest absolute Gasteiger partial charge is 0.493 e. The molecule has 0 spiro atoms. The van der Waals surface area contributed by atoms with Crippen molar-refractivity contribution < 1.29 is 14.3 Å². The molecule has 19 heavy (non-hydrogen) atoms. The van der Waals surface area contributed by atoms with E-state index in [9.17, 15) is 4.79 Å². The Hall–Kier alpha value is -0.820. The summed E-state index contributed by atoms with van der Waals surface area (Å²) >= 11 is 9.30. The molecule has 2 atom stereocenters. The molecule has 1 aromatic carbocycles. The number of benzene rings is 1. The van der Waals surface area contributed by atoms with Crippen LogP contribution in [0.2, 0.25) is 5.02 Å². The number of hydrogen-bond donors (Lipinski definition) is 2. The summed E-state index contributed by atoms with van der Waals surface area (Å²) in [4.78, 5) is 12.1. The molecule has 0 bridgehead atoms. The Morgan fingerprint density at radius 2 is 2.32 bits per heavy atom. The van der Waals surface area contributed by atoms with Crippen LogP contribution in [0, 0.1) is 5.92 Å². The van der Waals surface area contributed by atoms with Gasteiger partial charge in [-0.05, 0) is 28.1 Å². The smallest absolute Gasteiger partial charge is 0.231 e. The topological polar surface area (TPSA) is 73.6 Å². The Morgan fingerprint density at radius 3 is 2.89 bits per heavy atom. The normalized spacial score (nSPS) is 22.3. The fourth-order valence-corrected chi connectivity index (χ4v) is 2.90. The third-order valence-electron chi connectivity index (χ3n) is 2.93. The van der Waals surface area contributed by atoms with Crippen LogP contribution in [0.1, 0.15) is 0 Å². The molecule has 3 N–H and O–H groups in total. The lowest BCUT2D eigenvalue weighted by molar-refractivity contribution is -0.120. The molecule has 0 saturated carbocycles. The first-order valence-electron chi connectivity index (χ1n) is 5.70. The van der Waals surface area contributed by atoms with Crippen LogP contribution in [0.4, 0.5) is 5.69 Å². The molecule has 0 radical (unpaired) electrons. The van der Waals surface area contributed by atoms with Gasteiger partial charge < -0.3 is 20.5 Å². The summed E-state index contributed by atoms with van der Waals surface area (Å²) in [6.45, 7) is 0.728. The zero-order chi connectivity index (χ0) is 14.0. The molecular formula is C12H14BrClN2O3. The van der Waals surface area contributed by atoms with Crippen LogP contribution >= 0.6 is 27.5 Å². The quantitative estimate of drug-likeness (QED) is 0.875. The summed E-state index contributed by atoms with van der Waals surface area (Å²) < 4.78 is 11.1. The Bertz CT molecular complexity index is 498. The maximum Gasteiger partial charge on any atom is 0.231 e. The molecule has 1 heterocycles. The summed E-state index contributed by atoms with van der Waals surface area (Å²) in [5.74, 6) is -0.0369. The number of anilines is 1. The molecule has 1 aliphatic rings. The van der Waals surface area contributed by atoms with Gasteiger partial charge in [0.05, 0.1) is 36.4 Å². The van der Waals surface area contributed by atoms with Gasteiger partial charge in [-0.3, -0.25) is 4.79 Å². The second-order valence-corrected chi connectivity index (χ2v) is 5.56. The van der Waals surface area contributed by atoms with Gasteiger partial charge in [0.1, 0.15) is 0 Å². The summed E-state index contributed by atoms with van der Waals surface area (Å²) in [5.41, 5.74) is 6.32. The predicted octanol–water partition coefficient (Wildman–Crippen LogP) is 2.02. The molecule has 104 valence electrons. The molecule has 1 saturated heterocycles. The minimum Gasteiger partial charge on any atom is -0.493 e. The highest BCUT2D eigenvalue weighted by Crippen LogP contribution is 2.36. The summed E-state index contributed by atoms with van der Waals surface area (Å²) in [6, 6.07) is 3.04. The molecule has 0 aromatic heterocycles. The second kappa shape index (κ2) is 6.09. The Labute approximate surface area is 124 Å². The van der Waals surface area contributed by atoms with Gasteiger partial charge in [0.25, 0.3) is 0 Å². The van der Waals surface area contributed by atoms with Crippen molar-refractivity contribution in [3.63, 3.8) is 0 Å². The first-order chi connectivity index (χ1) is 9.02. The Morgan fingerprint density at radius 1 is 1.58 bits per heavy atom. The van der Waals surface area contributed by atoms with Crippen molar-refractivity contribution in [1.82, 2.24) is 0 Å². The lowest BCUT2D eigenvalue weighted by Gasteiger charge is -2.16. The Kier molecular flexibility index (Phi) is 4.67. The fourth-order valence-electron chi connectivity index (χ4n) is 1.93. The van der Waals surface area contributed by atoms with Crippen LogP contribution in [0.5, 0.6) is 5.75 Å². The van der Waals surface area contributed by atoms with E-state index in [0.717, 1.165) is 0 Å². The zero-order valence-electron chi connectivity index (χ0n) is 10.3. The maximum absolute atomic E-state index is 12.1. The standard InChI is InChI=1S/C12H14BrClN2O3/c1-18-11-8(13)2-6(14)3-10(11)16-12(17)7-4-19-5-9(7)15/h2-3,7,9H,4-5,15H2,1H3,(H,16,17). The maximum atomic E-state index is 12.1. The van der Waals surface area contributed by atoms with Crippen LogP contribution in [-0.4, -0.2) is 32.3 Å². The first-order valence-corrected chi connectivity index (χ1v) is 6.87. The molecule has 1 aromatic rings. The van der Waals surface area contributed by atoms with Crippen molar-refractivity contribution in [2.45, 2.75) is 6.04 Å². The van der Waals surface area contributed by atoms with Gasteiger partial charge in [-0.15, -0.1) is 0 Å². The number of amides is 1. The fraction of sp³-hybridized carbons (Fsp3) is 0.417. The SMILES string of the molecule is COc1c(Br)cc(Cl)cc1NC(=O)C1COCC1N. The van der Waals surface area contributed by atoms with E-state index < -0.39 is 0 Å². The van der Waals surface area contributed by atoms with Crippen LogP contribution in [0.15, 0.2) is 16.6 Å². The van der Waals surface area contributed by atoms with Gasteiger partial charge in [-0.1, -0.05) is 11.6 Å². The molecule has 1 fully saturated rings. The average molecular weight is 350 g/mol. The summed E-state index contributed by atoms with van der Waals surface area (Å²) in [7, 11) is 1.52. The van der Waals surface area contributed by atoms with Gasteiger partial charge in [0.15, 0.2) is 5.75 Å². The van der Waals surface area contributed by atoms with E-state index in [1.54, 1.807) is 12.1 Å². The monoisotopic (exact) mass is 348 g/mol. The van der Waals surface area contributed by atoms with Crippen molar-refractivity contribution >= 4 is 39.1 Å². The molecule has 5 nitrogen and oxygen atoms in total. The van der Waals surface area contributed by atoms with E-state index in [2.05, 4.69) is 21.2 Å². The zero-order valence-corrected chi connectivity index (χ0v) is 12.6. The second-order valence-electron chi connectivity index (χ2n) is 4.27. The van der Waals surface area contributed by atoms with Crippen LogP contribution in [-0.2, 0) is 9.53 Å². The van der Waals surface area contributed by atoms with Gasteiger partial charge in [-0.2, -0.15) is 0 Å². The van der Waals surface area contributed by atoms with E-state index in [1.807, 2.05) is 0 Å². The molecule has 1 amide bonds. The van der Waals surface area contributed by atoms with Gasteiger partial charge >= 0.3 is 0 Å². The van der Waals surface area contributed by atoms with E-state index in [0.29, 0.717) is 34.1 Å². The van der Waals surface area contributed by atoms with Crippen molar-refractivity contribution in [2.75, 3.05) is 25.6 Å². The third kappa shape index (κ3) is 3.20. The number of nitrogens with one attached hydrogen (secondary N) is 1. The van der Waals surface area contributed by atoms with Gasteiger partial charge in [0.2, 0.25) is 5.91 Å². The summed E-state index contributed by atoms with van der Waals surface area (Å²) in [5, 5.41) is 3.27. The van der Waals surface area contributed by atoms with E-state index in [1.165, 1.54) is 7.11 Å². The molecular weight excluding hydrogens is 336 g/mol. The third-order valence-corrected chi connectivity index (χ3v) is 3.74. The molecule has 1 aliphatic heterocycles. The van der Waals surface area contributed by atoms with Gasteiger partial charge in [-0.25, -0.2) is 0 Å². The molecule has 2 unspecified atom stereocenters. The number of halogens is 2. The number of methoxy groups -OCH3 is 1. The average Bonchev–Trinajstić information content (AvgIpc) is 2.75. The molecule has 0 aliphatic carbocycles. The van der Waals surface area contributed by atoms with Gasteiger partial charge in [0, 0.05) is 11.1 Å². The number of carbonyl (C=O) groups excluding carboxylic acids is 1. The van der Waals surface area contributed by atoms with Crippen LogP contribution in [0.3, 0.4) is 0 Å². The van der Waals surface area contributed by atoms with Crippen molar-refractivity contribution in [2.24, 2.45) is 11.7 Å². The van der Waals surface area contributed by atoms with E-state index in [-0.39, 0.29) is 17.9 Å². The number of rotatable bonds is 3. The number of carbonyl (C=O) groups is 1. The highest BCUT2D eigenvalue weighted by Gasteiger charge is 2.31. The highest BCUT2D eigenvalue weighted by atomic mass is 79.9. The van der Waals surface area contributed by atoms with E-state index >= 15 is 0 Å².